The average molecular weight is 330 g/mol. The maximum atomic E-state index is 5.67. The molecule has 20 heavy (non-hydrogen) atoms. The highest BCUT2D eigenvalue weighted by atomic mass is 79.9. The molecular weight excluding hydrogens is 314 g/mol. The van der Waals surface area contributed by atoms with Crippen LogP contribution in [0.1, 0.15) is 5.56 Å². The van der Waals surface area contributed by atoms with Crippen molar-refractivity contribution in [2.24, 2.45) is 0 Å². The molecule has 3 rings (SSSR count). The van der Waals surface area contributed by atoms with Crippen molar-refractivity contribution in [2.45, 2.75) is 6.42 Å². The van der Waals surface area contributed by atoms with E-state index in [4.69, 9.17) is 5.73 Å². The molecule has 2 aromatic carbocycles. The van der Waals surface area contributed by atoms with Crippen LogP contribution in [0.4, 0.5) is 11.4 Å². The van der Waals surface area contributed by atoms with Gasteiger partial charge in [0, 0.05) is 39.5 Å². The van der Waals surface area contributed by atoms with Crippen molar-refractivity contribution in [3.05, 3.63) is 58.7 Å². The topological polar surface area (TPSA) is 53.8 Å². The fraction of sp³-hybridized carbons (Fsp3) is 0.125. The number of nitrogens with one attached hydrogen (secondary N) is 2. The van der Waals surface area contributed by atoms with Crippen LogP contribution in [0.15, 0.2) is 53.1 Å². The Labute approximate surface area is 126 Å². The van der Waals surface area contributed by atoms with Crippen LogP contribution in [-0.4, -0.2) is 11.5 Å². The second-order valence-electron chi connectivity index (χ2n) is 4.80. The first-order chi connectivity index (χ1) is 9.72. The number of hydrogen-bond acceptors (Lipinski definition) is 2. The maximum absolute atomic E-state index is 5.67. The maximum Gasteiger partial charge on any atom is 0.0468 e. The largest absolute Gasteiger partial charge is 0.399 e. The van der Waals surface area contributed by atoms with Crippen LogP contribution in [0.2, 0.25) is 0 Å². The number of anilines is 2. The van der Waals surface area contributed by atoms with E-state index in [2.05, 4.69) is 50.6 Å². The third-order valence-electron chi connectivity index (χ3n) is 3.36. The molecule has 0 spiro atoms. The highest BCUT2D eigenvalue weighted by Crippen LogP contribution is 2.22. The molecule has 0 saturated heterocycles. The van der Waals surface area contributed by atoms with E-state index >= 15 is 0 Å². The number of nitrogen functional groups attached to an aromatic ring is 1. The third kappa shape index (κ3) is 2.80. The van der Waals surface area contributed by atoms with Gasteiger partial charge in [-0.15, -0.1) is 0 Å². The molecule has 1 aromatic heterocycles. The Morgan fingerprint density at radius 3 is 2.70 bits per heavy atom. The number of aromatic nitrogens is 1. The lowest BCUT2D eigenvalue weighted by atomic mass is 10.1. The number of fused-ring (bicyclic) bond motifs is 1. The van der Waals surface area contributed by atoms with E-state index in [1.165, 1.54) is 16.5 Å². The van der Waals surface area contributed by atoms with Crippen molar-refractivity contribution in [1.29, 1.82) is 0 Å². The van der Waals surface area contributed by atoms with E-state index < -0.39 is 0 Å². The first-order valence-corrected chi connectivity index (χ1v) is 7.36. The third-order valence-corrected chi connectivity index (χ3v) is 3.86. The highest BCUT2D eigenvalue weighted by molar-refractivity contribution is 9.10. The predicted molar refractivity (Wildman–Crippen MR) is 89.0 cm³/mol. The van der Waals surface area contributed by atoms with Crippen molar-refractivity contribution in [3.8, 4) is 0 Å². The Morgan fingerprint density at radius 2 is 1.90 bits per heavy atom. The van der Waals surface area contributed by atoms with Crippen LogP contribution in [0.25, 0.3) is 10.9 Å². The number of aromatic amines is 1. The second kappa shape index (κ2) is 5.59. The van der Waals surface area contributed by atoms with Gasteiger partial charge in [-0.3, -0.25) is 0 Å². The Bertz CT molecular complexity index is 716. The van der Waals surface area contributed by atoms with Crippen LogP contribution in [0.5, 0.6) is 0 Å². The first-order valence-electron chi connectivity index (χ1n) is 6.57. The van der Waals surface area contributed by atoms with Crippen LogP contribution in [0.3, 0.4) is 0 Å². The number of hydrogen-bond donors (Lipinski definition) is 3. The van der Waals surface area contributed by atoms with Crippen LogP contribution in [0, 0.1) is 0 Å². The van der Waals surface area contributed by atoms with E-state index in [9.17, 15) is 0 Å². The van der Waals surface area contributed by atoms with Crippen molar-refractivity contribution in [1.82, 2.24) is 4.98 Å². The molecule has 0 fully saturated rings. The Kier molecular flexibility index (Phi) is 3.65. The van der Waals surface area contributed by atoms with Gasteiger partial charge in [-0.05, 0) is 48.4 Å². The molecule has 3 nitrogen and oxygen atoms in total. The van der Waals surface area contributed by atoms with Crippen molar-refractivity contribution >= 4 is 38.2 Å². The SMILES string of the molecule is Nc1ccc(NCCc2c[nH]c3cc(Br)ccc23)cc1. The molecule has 0 aliphatic rings. The zero-order chi connectivity index (χ0) is 13.9. The quantitative estimate of drug-likeness (QED) is 0.629. The zero-order valence-electron chi connectivity index (χ0n) is 11.0. The van der Waals surface area contributed by atoms with Crippen molar-refractivity contribution in [3.63, 3.8) is 0 Å². The zero-order valence-corrected chi connectivity index (χ0v) is 12.6. The van der Waals surface area contributed by atoms with Gasteiger partial charge in [-0.25, -0.2) is 0 Å². The Hall–Kier alpha value is -1.94. The summed E-state index contributed by atoms with van der Waals surface area (Å²) in [5, 5.41) is 4.69. The summed E-state index contributed by atoms with van der Waals surface area (Å²) in [7, 11) is 0. The molecule has 0 saturated carbocycles. The lowest BCUT2D eigenvalue weighted by Crippen LogP contribution is -2.04. The molecule has 0 aliphatic heterocycles. The summed E-state index contributed by atoms with van der Waals surface area (Å²) in [4.78, 5) is 3.31. The van der Waals surface area contributed by atoms with E-state index in [1.54, 1.807) is 0 Å². The van der Waals surface area contributed by atoms with E-state index in [1.807, 2.05) is 24.3 Å². The molecule has 0 atom stereocenters. The van der Waals surface area contributed by atoms with E-state index in [0.717, 1.165) is 28.8 Å². The highest BCUT2D eigenvalue weighted by Gasteiger charge is 2.03. The summed E-state index contributed by atoms with van der Waals surface area (Å²) in [6, 6.07) is 14.1. The normalized spacial score (nSPS) is 10.8. The standard InChI is InChI=1S/C16H16BrN3/c17-12-1-6-15-11(10-20-16(15)9-12)7-8-19-14-4-2-13(18)3-5-14/h1-6,9-10,19-20H,7-8,18H2. The van der Waals surface area contributed by atoms with Gasteiger partial charge >= 0.3 is 0 Å². The molecule has 1 heterocycles. The summed E-state index contributed by atoms with van der Waals surface area (Å²) >= 11 is 3.49. The summed E-state index contributed by atoms with van der Waals surface area (Å²) in [6.07, 6.45) is 3.06. The van der Waals surface area contributed by atoms with Gasteiger partial charge in [0.15, 0.2) is 0 Å². The summed E-state index contributed by atoms with van der Waals surface area (Å²) in [5.74, 6) is 0. The van der Waals surface area contributed by atoms with E-state index in [0.29, 0.717) is 0 Å². The van der Waals surface area contributed by atoms with Gasteiger partial charge in [-0.2, -0.15) is 0 Å². The predicted octanol–water partition coefficient (Wildman–Crippen LogP) is 4.17. The summed E-state index contributed by atoms with van der Waals surface area (Å²) in [5.41, 5.74) is 10.1. The number of halogens is 1. The van der Waals surface area contributed by atoms with Gasteiger partial charge in [0.2, 0.25) is 0 Å². The van der Waals surface area contributed by atoms with Gasteiger partial charge in [-0.1, -0.05) is 22.0 Å². The number of nitrogens with two attached hydrogens (primary N) is 1. The van der Waals surface area contributed by atoms with Gasteiger partial charge < -0.3 is 16.0 Å². The number of rotatable bonds is 4. The number of H-pyrrole nitrogens is 1. The lowest BCUT2D eigenvalue weighted by Gasteiger charge is -2.06. The smallest absolute Gasteiger partial charge is 0.0468 e. The molecule has 0 unspecified atom stereocenters. The van der Waals surface area contributed by atoms with Gasteiger partial charge in [0.1, 0.15) is 0 Å². The minimum absolute atomic E-state index is 0.790. The van der Waals surface area contributed by atoms with E-state index in [-0.39, 0.29) is 0 Å². The molecule has 102 valence electrons. The summed E-state index contributed by atoms with van der Waals surface area (Å²) < 4.78 is 1.10. The first kappa shape index (κ1) is 13.1. The van der Waals surface area contributed by atoms with Gasteiger partial charge in [0.25, 0.3) is 0 Å². The molecule has 4 N–H and O–H groups in total. The minimum Gasteiger partial charge on any atom is -0.399 e. The monoisotopic (exact) mass is 329 g/mol. The molecule has 0 bridgehead atoms. The number of benzene rings is 2. The Morgan fingerprint density at radius 1 is 1.10 bits per heavy atom. The van der Waals surface area contributed by atoms with Crippen molar-refractivity contribution < 1.29 is 0 Å². The fourth-order valence-electron chi connectivity index (χ4n) is 2.31. The molecule has 0 radical (unpaired) electrons. The summed E-state index contributed by atoms with van der Waals surface area (Å²) in [6.45, 7) is 0.896. The van der Waals surface area contributed by atoms with Crippen molar-refractivity contribution in [2.75, 3.05) is 17.6 Å². The lowest BCUT2D eigenvalue weighted by molar-refractivity contribution is 1.03. The average Bonchev–Trinajstić information content (AvgIpc) is 2.83. The second-order valence-corrected chi connectivity index (χ2v) is 5.72. The molecule has 3 aromatic rings. The van der Waals surface area contributed by atoms with Crippen LogP contribution >= 0.6 is 15.9 Å². The fourth-order valence-corrected chi connectivity index (χ4v) is 2.67. The van der Waals surface area contributed by atoms with Crippen LogP contribution < -0.4 is 11.1 Å². The molecule has 0 amide bonds. The van der Waals surface area contributed by atoms with Crippen LogP contribution in [-0.2, 0) is 6.42 Å². The Balaban J connectivity index is 1.66. The minimum atomic E-state index is 0.790. The molecule has 0 aliphatic carbocycles. The van der Waals surface area contributed by atoms with Gasteiger partial charge in [0.05, 0.1) is 0 Å². The molecule has 4 heteroatoms. The molecular formula is C16H16BrN3.